The average Bonchev–Trinajstić information content (AvgIpc) is 3.40. The third-order valence-electron chi connectivity index (χ3n) is 7.52. The highest BCUT2D eigenvalue weighted by Gasteiger charge is 2.41. The van der Waals surface area contributed by atoms with Crippen LogP contribution in [0.25, 0.3) is 22.2 Å². The van der Waals surface area contributed by atoms with Crippen LogP contribution in [0.1, 0.15) is 19.4 Å². The predicted octanol–water partition coefficient (Wildman–Crippen LogP) is 8.72. The van der Waals surface area contributed by atoms with Gasteiger partial charge in [0, 0.05) is 50.5 Å². The van der Waals surface area contributed by atoms with Crippen molar-refractivity contribution in [3.63, 3.8) is 0 Å². The van der Waals surface area contributed by atoms with Gasteiger partial charge in [0.2, 0.25) is 0 Å². The molecule has 1 aliphatic rings. The van der Waals surface area contributed by atoms with E-state index in [4.69, 9.17) is 18.9 Å². The summed E-state index contributed by atoms with van der Waals surface area (Å²) < 4.78 is 94.1. The molecule has 3 heterocycles. The fourth-order valence-corrected chi connectivity index (χ4v) is 5.74. The molecule has 9 nitrogen and oxygen atoms in total. The second kappa shape index (κ2) is 14.4. The molecule has 15 heteroatoms. The highest BCUT2D eigenvalue weighted by molar-refractivity contribution is 6.76. The average molecular weight is 702 g/mol. The van der Waals surface area contributed by atoms with Gasteiger partial charge in [-0.25, -0.2) is 18.8 Å². The van der Waals surface area contributed by atoms with Crippen molar-refractivity contribution in [3.05, 3.63) is 66.0 Å². The fourth-order valence-electron chi connectivity index (χ4n) is 4.98. The Bertz CT molecular complexity index is 1880. The number of fused-ring (bicyclic) bond motifs is 1. The summed E-state index contributed by atoms with van der Waals surface area (Å²) in [5.41, 5.74) is 1.76. The standard InChI is InChI=1S/C34H36F5N5O4Si/c1-20(2)47-28-7-6-21(12-22(28)15-40)25-17-44(19-45-10-11-49(3,4)5)32-30(25)29(8-9-41-32)48-31-26(35)13-24(14-27(31)36)43-33-42-16-23(18-46-33)34(37,38)39/h6-9,12-14,17,20,23H,10-11,16,18-19H2,1-5H3,(H,42,43). The third-order valence-corrected chi connectivity index (χ3v) is 9.22. The smallest absolute Gasteiger partial charge is 0.396 e. The lowest BCUT2D eigenvalue weighted by Crippen LogP contribution is -2.36. The quantitative estimate of drug-likeness (QED) is 0.0948. The van der Waals surface area contributed by atoms with Crippen LogP contribution in [0.2, 0.25) is 25.7 Å². The first-order chi connectivity index (χ1) is 23.1. The normalized spacial score (nSPS) is 15.1. The van der Waals surface area contributed by atoms with E-state index in [-0.39, 0.29) is 30.3 Å². The third kappa shape index (κ3) is 8.68. The number of nitrogens with one attached hydrogen (secondary N) is 1. The highest BCUT2D eigenvalue weighted by Crippen LogP contribution is 2.41. The number of alkyl halides is 3. The first-order valence-electron chi connectivity index (χ1n) is 15.6. The molecular weight excluding hydrogens is 665 g/mol. The highest BCUT2D eigenvalue weighted by atomic mass is 28.3. The van der Waals surface area contributed by atoms with Gasteiger partial charge in [-0.2, -0.15) is 18.4 Å². The number of benzene rings is 2. The summed E-state index contributed by atoms with van der Waals surface area (Å²) in [6.45, 7) is 9.88. The number of ether oxygens (including phenoxy) is 4. The molecule has 0 aliphatic carbocycles. The lowest BCUT2D eigenvalue weighted by Gasteiger charge is -2.24. The van der Waals surface area contributed by atoms with Gasteiger partial charge >= 0.3 is 6.18 Å². The minimum atomic E-state index is -4.48. The Morgan fingerprint density at radius 1 is 1.10 bits per heavy atom. The topological polar surface area (TPSA) is 103 Å². The molecule has 260 valence electrons. The van der Waals surface area contributed by atoms with E-state index in [1.165, 1.54) is 12.3 Å². The summed E-state index contributed by atoms with van der Waals surface area (Å²) in [5.74, 6) is -4.17. The lowest BCUT2D eigenvalue weighted by molar-refractivity contribution is -0.181. The van der Waals surface area contributed by atoms with Crippen molar-refractivity contribution in [1.29, 1.82) is 5.26 Å². The molecule has 4 aromatic rings. The molecule has 1 aliphatic heterocycles. The maximum Gasteiger partial charge on any atom is 0.396 e. The molecule has 2 aromatic heterocycles. The number of hydrogen-bond donors (Lipinski definition) is 1. The zero-order valence-corrected chi connectivity index (χ0v) is 28.6. The number of anilines is 1. The van der Waals surface area contributed by atoms with E-state index in [0.29, 0.717) is 40.1 Å². The van der Waals surface area contributed by atoms with Crippen molar-refractivity contribution >= 4 is 30.8 Å². The van der Waals surface area contributed by atoms with E-state index >= 15 is 8.78 Å². The maximum atomic E-state index is 15.4. The summed E-state index contributed by atoms with van der Waals surface area (Å²) >= 11 is 0. The van der Waals surface area contributed by atoms with Gasteiger partial charge in [0.05, 0.1) is 23.6 Å². The first kappa shape index (κ1) is 35.6. The van der Waals surface area contributed by atoms with Gasteiger partial charge in [-0.1, -0.05) is 25.7 Å². The molecule has 1 atom stereocenters. The summed E-state index contributed by atoms with van der Waals surface area (Å²) in [5, 5.41) is 12.8. The predicted molar refractivity (Wildman–Crippen MR) is 178 cm³/mol. The summed E-state index contributed by atoms with van der Waals surface area (Å²) in [6.07, 6.45) is -1.41. The number of nitriles is 1. The summed E-state index contributed by atoms with van der Waals surface area (Å²) in [7, 11) is -1.36. The maximum absolute atomic E-state index is 15.4. The molecule has 0 saturated carbocycles. The van der Waals surface area contributed by atoms with Crippen molar-refractivity contribution in [1.82, 2.24) is 9.55 Å². The number of rotatable bonds is 11. The van der Waals surface area contributed by atoms with Gasteiger partial charge in [0.15, 0.2) is 17.4 Å². The van der Waals surface area contributed by atoms with Crippen molar-refractivity contribution in [2.24, 2.45) is 10.9 Å². The Labute approximate surface area is 281 Å². The number of amidine groups is 1. The van der Waals surface area contributed by atoms with Crippen molar-refractivity contribution in [2.75, 3.05) is 25.1 Å². The molecule has 0 amide bonds. The molecule has 49 heavy (non-hydrogen) atoms. The van der Waals surface area contributed by atoms with E-state index in [1.807, 2.05) is 13.8 Å². The van der Waals surface area contributed by atoms with Crippen LogP contribution in [0.3, 0.4) is 0 Å². The van der Waals surface area contributed by atoms with E-state index < -0.39 is 50.7 Å². The van der Waals surface area contributed by atoms with E-state index in [9.17, 15) is 18.4 Å². The minimum absolute atomic E-state index is 0.0820. The Morgan fingerprint density at radius 3 is 2.45 bits per heavy atom. The number of aliphatic imine (C=N–C) groups is 1. The largest absolute Gasteiger partial charge is 0.490 e. The summed E-state index contributed by atoms with van der Waals surface area (Å²) in [4.78, 5) is 8.24. The van der Waals surface area contributed by atoms with Gasteiger partial charge in [0.1, 0.15) is 42.5 Å². The lowest BCUT2D eigenvalue weighted by atomic mass is 10.0. The van der Waals surface area contributed by atoms with Gasteiger partial charge in [0.25, 0.3) is 6.02 Å². The minimum Gasteiger partial charge on any atom is -0.490 e. The SMILES string of the molecule is CC(C)Oc1ccc(-c2cn(COCC[Si](C)(C)C)c3nccc(Oc4c(F)cc(NC5=NCC(C(F)(F)F)CO5)cc4F)c23)cc1C#N. The Morgan fingerprint density at radius 2 is 1.84 bits per heavy atom. The van der Waals surface area contributed by atoms with E-state index in [0.717, 1.165) is 18.2 Å². The summed E-state index contributed by atoms with van der Waals surface area (Å²) in [6, 6.07) is 11.2. The number of pyridine rings is 1. The second-order valence-electron chi connectivity index (χ2n) is 13.0. The molecule has 0 spiro atoms. The Kier molecular flexibility index (Phi) is 10.5. The first-order valence-corrected chi connectivity index (χ1v) is 19.3. The fraction of sp³-hybridized carbons (Fsp3) is 0.382. The van der Waals surface area contributed by atoms with Crippen LogP contribution in [-0.2, 0) is 16.2 Å². The molecule has 0 saturated heterocycles. The van der Waals surface area contributed by atoms with E-state index in [2.05, 4.69) is 41.0 Å². The molecular formula is C34H36F5N5O4Si. The van der Waals surface area contributed by atoms with Crippen LogP contribution in [0.5, 0.6) is 17.2 Å². The molecule has 2 aromatic carbocycles. The number of halogens is 5. The van der Waals surface area contributed by atoms with Gasteiger partial charge in [-0.3, -0.25) is 0 Å². The van der Waals surface area contributed by atoms with Gasteiger partial charge in [-0.05, 0) is 43.7 Å². The van der Waals surface area contributed by atoms with E-state index in [1.54, 1.807) is 29.0 Å². The van der Waals surface area contributed by atoms with Crippen LogP contribution in [0, 0.1) is 28.9 Å². The molecule has 5 rings (SSSR count). The number of aromatic nitrogens is 2. The number of hydrogen-bond acceptors (Lipinski definition) is 8. The molecule has 0 fully saturated rings. The van der Waals surface area contributed by atoms with Crippen LogP contribution in [-0.4, -0.2) is 55.7 Å². The number of nitrogens with zero attached hydrogens (tertiary/aromatic N) is 4. The molecule has 0 bridgehead atoms. The zero-order chi connectivity index (χ0) is 35.5. The van der Waals surface area contributed by atoms with Crippen molar-refractivity contribution < 1.29 is 40.9 Å². The van der Waals surface area contributed by atoms with Crippen LogP contribution < -0.4 is 14.8 Å². The van der Waals surface area contributed by atoms with Crippen molar-refractivity contribution in [2.45, 2.75) is 58.5 Å². The Balaban J connectivity index is 1.49. The monoisotopic (exact) mass is 701 g/mol. The van der Waals surface area contributed by atoms with Crippen LogP contribution in [0.15, 0.2) is 53.8 Å². The van der Waals surface area contributed by atoms with Crippen LogP contribution >= 0.6 is 0 Å². The molecule has 1 N–H and O–H groups in total. The molecule has 0 radical (unpaired) electrons. The molecule has 1 unspecified atom stereocenters. The van der Waals surface area contributed by atoms with Gasteiger partial charge < -0.3 is 28.8 Å². The van der Waals surface area contributed by atoms with Crippen molar-refractivity contribution in [3.8, 4) is 34.4 Å². The van der Waals surface area contributed by atoms with Gasteiger partial charge in [-0.15, -0.1) is 0 Å². The van der Waals surface area contributed by atoms with Crippen LogP contribution in [0.4, 0.5) is 27.6 Å². The Hall–Kier alpha value is -4.68. The second-order valence-corrected chi connectivity index (χ2v) is 18.7. The zero-order valence-electron chi connectivity index (χ0n) is 27.6.